The molecule has 0 bridgehead atoms. The standard InChI is InChI=1S/C24H21N7O3/c1-3-20(32)27-13-14-8-9-18(19(12-14)34-2)29-24-30-22-16(10-11-26-22)23(31-24)28-17-7-5-4-6-15(17)21(25)33/h1,4-12H,13H2,2H3,(H2,25,33)(H,27,32)(H3,26,28,29,30,31). The smallest absolute Gasteiger partial charge is 0.295 e. The highest BCUT2D eigenvalue weighted by atomic mass is 16.5. The van der Waals surface area contributed by atoms with Crippen molar-refractivity contribution < 1.29 is 14.3 Å². The highest BCUT2D eigenvalue weighted by Gasteiger charge is 2.14. The minimum Gasteiger partial charge on any atom is -0.495 e. The Bertz CT molecular complexity index is 1420. The molecule has 0 atom stereocenters. The van der Waals surface area contributed by atoms with Crippen molar-refractivity contribution in [1.29, 1.82) is 0 Å². The van der Waals surface area contributed by atoms with Gasteiger partial charge in [0.1, 0.15) is 17.2 Å². The summed E-state index contributed by atoms with van der Waals surface area (Å²) in [6.07, 6.45) is 6.82. The van der Waals surface area contributed by atoms with E-state index in [0.29, 0.717) is 40.1 Å². The Kier molecular flexibility index (Phi) is 6.27. The molecule has 10 nitrogen and oxygen atoms in total. The number of amides is 2. The number of aromatic amines is 1. The number of anilines is 4. The molecule has 0 aliphatic carbocycles. The number of H-pyrrole nitrogens is 1. The van der Waals surface area contributed by atoms with Gasteiger partial charge in [-0.1, -0.05) is 18.2 Å². The van der Waals surface area contributed by atoms with Crippen molar-refractivity contribution in [2.45, 2.75) is 6.54 Å². The Morgan fingerprint density at radius 2 is 1.94 bits per heavy atom. The quantitative estimate of drug-likeness (QED) is 0.257. The molecule has 2 heterocycles. The van der Waals surface area contributed by atoms with Crippen LogP contribution in [0.1, 0.15) is 15.9 Å². The predicted molar refractivity (Wildman–Crippen MR) is 129 cm³/mol. The van der Waals surface area contributed by atoms with Gasteiger partial charge in [0, 0.05) is 12.7 Å². The normalized spacial score (nSPS) is 10.4. The molecular weight excluding hydrogens is 434 g/mol. The largest absolute Gasteiger partial charge is 0.495 e. The Morgan fingerprint density at radius 3 is 2.71 bits per heavy atom. The molecule has 0 saturated carbocycles. The summed E-state index contributed by atoms with van der Waals surface area (Å²) in [7, 11) is 1.53. The molecule has 0 aliphatic heterocycles. The average Bonchev–Trinajstić information content (AvgIpc) is 3.32. The van der Waals surface area contributed by atoms with E-state index in [1.54, 1.807) is 42.6 Å². The molecule has 10 heteroatoms. The third-order valence-electron chi connectivity index (χ3n) is 4.96. The minimum absolute atomic E-state index is 0.262. The van der Waals surface area contributed by atoms with E-state index in [2.05, 4.69) is 30.9 Å². The van der Waals surface area contributed by atoms with Crippen molar-refractivity contribution in [3.05, 3.63) is 65.9 Å². The number of fused-ring (bicyclic) bond motifs is 1. The summed E-state index contributed by atoms with van der Waals surface area (Å²) in [6.45, 7) is 0.262. The Morgan fingerprint density at radius 1 is 1.12 bits per heavy atom. The number of carbonyl (C=O) groups excluding carboxylic acids is 2. The Labute approximate surface area is 194 Å². The fourth-order valence-electron chi connectivity index (χ4n) is 3.33. The zero-order valence-electron chi connectivity index (χ0n) is 18.2. The molecule has 34 heavy (non-hydrogen) atoms. The first kappa shape index (κ1) is 22.2. The van der Waals surface area contributed by atoms with Gasteiger partial charge in [-0.05, 0) is 41.8 Å². The lowest BCUT2D eigenvalue weighted by atomic mass is 10.1. The summed E-state index contributed by atoms with van der Waals surface area (Å²) in [5.41, 5.74) is 8.38. The van der Waals surface area contributed by atoms with Crippen LogP contribution in [-0.2, 0) is 11.3 Å². The van der Waals surface area contributed by atoms with Gasteiger partial charge in [0.15, 0.2) is 0 Å². The van der Waals surface area contributed by atoms with Crippen LogP contribution in [0.3, 0.4) is 0 Å². The first-order chi connectivity index (χ1) is 16.5. The molecule has 170 valence electrons. The number of primary amides is 1. The molecule has 2 aromatic heterocycles. The van der Waals surface area contributed by atoms with E-state index in [-0.39, 0.29) is 6.54 Å². The topological polar surface area (TPSA) is 147 Å². The molecule has 4 rings (SSSR count). The molecule has 0 aliphatic rings. The van der Waals surface area contributed by atoms with Crippen LogP contribution >= 0.6 is 0 Å². The lowest BCUT2D eigenvalue weighted by molar-refractivity contribution is -0.115. The van der Waals surface area contributed by atoms with Gasteiger partial charge in [0.05, 0.1) is 29.4 Å². The third-order valence-corrected chi connectivity index (χ3v) is 4.96. The number of hydrogen-bond acceptors (Lipinski definition) is 7. The van der Waals surface area contributed by atoms with Crippen LogP contribution in [0.2, 0.25) is 0 Å². The van der Waals surface area contributed by atoms with Gasteiger partial charge in [-0.15, -0.1) is 6.42 Å². The Balaban J connectivity index is 1.64. The first-order valence-electron chi connectivity index (χ1n) is 10.2. The number of nitrogens with zero attached hydrogens (tertiary/aromatic N) is 2. The van der Waals surface area contributed by atoms with E-state index < -0.39 is 11.8 Å². The number of para-hydroxylation sites is 1. The zero-order chi connectivity index (χ0) is 24.1. The van der Waals surface area contributed by atoms with E-state index >= 15 is 0 Å². The lowest BCUT2D eigenvalue weighted by Crippen LogP contribution is -2.20. The van der Waals surface area contributed by atoms with Crippen LogP contribution in [-0.4, -0.2) is 33.9 Å². The molecule has 0 spiro atoms. The number of methoxy groups -OCH3 is 1. The summed E-state index contributed by atoms with van der Waals surface area (Å²) in [5.74, 6) is 2.26. The zero-order valence-corrected chi connectivity index (χ0v) is 18.2. The van der Waals surface area contributed by atoms with E-state index in [9.17, 15) is 9.59 Å². The monoisotopic (exact) mass is 455 g/mol. The molecule has 2 amide bonds. The summed E-state index contributed by atoms with van der Waals surface area (Å²) < 4.78 is 5.49. The van der Waals surface area contributed by atoms with Gasteiger partial charge in [0.25, 0.3) is 11.8 Å². The maximum atomic E-state index is 11.8. The van der Waals surface area contributed by atoms with Crippen LogP contribution in [0.4, 0.5) is 23.1 Å². The number of ether oxygens (including phenoxy) is 1. The summed E-state index contributed by atoms with van der Waals surface area (Å²) >= 11 is 0. The van der Waals surface area contributed by atoms with Crippen molar-refractivity contribution in [2.75, 3.05) is 17.7 Å². The fourth-order valence-corrected chi connectivity index (χ4v) is 3.33. The SMILES string of the molecule is C#CC(=O)NCc1ccc(Nc2nc(Nc3ccccc3C(N)=O)c3cc[nH]c3n2)c(OC)c1. The summed E-state index contributed by atoms with van der Waals surface area (Å²) in [4.78, 5) is 35.3. The second-order valence-electron chi connectivity index (χ2n) is 7.16. The van der Waals surface area contributed by atoms with Gasteiger partial charge in [0.2, 0.25) is 5.95 Å². The molecular formula is C24H21N7O3. The molecule has 0 radical (unpaired) electrons. The van der Waals surface area contributed by atoms with Crippen LogP contribution < -0.4 is 26.4 Å². The molecule has 4 aromatic rings. The first-order valence-corrected chi connectivity index (χ1v) is 10.2. The number of nitrogens with one attached hydrogen (secondary N) is 4. The van der Waals surface area contributed by atoms with Gasteiger partial charge in [-0.3, -0.25) is 9.59 Å². The lowest BCUT2D eigenvalue weighted by Gasteiger charge is -2.14. The van der Waals surface area contributed by atoms with Gasteiger partial charge < -0.3 is 31.4 Å². The van der Waals surface area contributed by atoms with E-state index in [1.807, 2.05) is 18.1 Å². The maximum absolute atomic E-state index is 11.8. The van der Waals surface area contributed by atoms with Crippen molar-refractivity contribution in [3.8, 4) is 18.1 Å². The third kappa shape index (κ3) is 4.73. The van der Waals surface area contributed by atoms with Gasteiger partial charge >= 0.3 is 0 Å². The van der Waals surface area contributed by atoms with Crippen LogP contribution in [0.25, 0.3) is 11.0 Å². The number of carbonyl (C=O) groups is 2. The highest BCUT2D eigenvalue weighted by Crippen LogP contribution is 2.31. The number of terminal acetylenes is 1. The molecule has 0 unspecified atom stereocenters. The van der Waals surface area contributed by atoms with Gasteiger partial charge in [-0.2, -0.15) is 9.97 Å². The van der Waals surface area contributed by atoms with Crippen LogP contribution in [0, 0.1) is 12.3 Å². The maximum Gasteiger partial charge on any atom is 0.295 e. The molecule has 0 fully saturated rings. The Hall–Kier alpha value is -5.04. The van der Waals surface area contributed by atoms with E-state index in [1.165, 1.54) is 7.11 Å². The highest BCUT2D eigenvalue weighted by molar-refractivity contribution is 6.00. The molecule has 6 N–H and O–H groups in total. The van der Waals surface area contributed by atoms with Crippen molar-refractivity contribution in [2.24, 2.45) is 5.73 Å². The summed E-state index contributed by atoms with van der Waals surface area (Å²) in [5, 5.41) is 9.67. The number of aromatic nitrogens is 3. The second-order valence-corrected chi connectivity index (χ2v) is 7.16. The number of benzene rings is 2. The van der Waals surface area contributed by atoms with Crippen LogP contribution in [0.5, 0.6) is 5.75 Å². The summed E-state index contributed by atoms with van der Waals surface area (Å²) in [6, 6.07) is 14.1. The van der Waals surface area contributed by atoms with Crippen LogP contribution in [0.15, 0.2) is 54.7 Å². The predicted octanol–water partition coefficient (Wildman–Crippen LogP) is 2.80. The number of nitrogens with two attached hydrogens (primary N) is 1. The minimum atomic E-state index is -0.552. The molecule has 0 saturated heterocycles. The number of rotatable bonds is 8. The van der Waals surface area contributed by atoms with E-state index in [0.717, 1.165) is 10.9 Å². The molecule has 2 aromatic carbocycles. The second kappa shape index (κ2) is 9.62. The number of hydrogen-bond donors (Lipinski definition) is 5. The van der Waals surface area contributed by atoms with E-state index in [4.69, 9.17) is 16.9 Å². The van der Waals surface area contributed by atoms with Gasteiger partial charge in [-0.25, -0.2) is 0 Å². The van der Waals surface area contributed by atoms with Crippen molar-refractivity contribution in [1.82, 2.24) is 20.3 Å². The van der Waals surface area contributed by atoms with Crippen molar-refractivity contribution >= 4 is 46.0 Å². The fraction of sp³-hybridized carbons (Fsp3) is 0.0833. The average molecular weight is 455 g/mol. The van der Waals surface area contributed by atoms with Crippen molar-refractivity contribution in [3.63, 3.8) is 0 Å².